The SMILES string of the molecule is Cc1cc(C(=O)Nc2cccc(F)c2C(=O)O)n(C)n1. The number of nitrogens with zero attached hydrogens (tertiary/aromatic N) is 2. The number of anilines is 1. The lowest BCUT2D eigenvalue weighted by atomic mass is 10.1. The molecular formula is C13H12FN3O3. The molecule has 0 aliphatic heterocycles. The number of carbonyl (C=O) groups is 2. The molecule has 1 aromatic carbocycles. The van der Waals surface area contributed by atoms with E-state index in [0.29, 0.717) is 5.69 Å². The Balaban J connectivity index is 2.36. The second-order valence-corrected chi connectivity index (χ2v) is 4.22. The number of nitrogens with one attached hydrogen (secondary N) is 1. The van der Waals surface area contributed by atoms with E-state index in [2.05, 4.69) is 10.4 Å². The number of carbonyl (C=O) groups excluding carboxylic acids is 1. The van der Waals surface area contributed by atoms with Crippen LogP contribution in [0, 0.1) is 12.7 Å². The zero-order valence-electron chi connectivity index (χ0n) is 10.8. The largest absolute Gasteiger partial charge is 0.478 e. The van der Waals surface area contributed by atoms with Crippen molar-refractivity contribution in [3.8, 4) is 0 Å². The van der Waals surface area contributed by atoms with Crippen molar-refractivity contribution in [1.82, 2.24) is 9.78 Å². The molecule has 1 amide bonds. The fourth-order valence-corrected chi connectivity index (χ4v) is 1.86. The zero-order valence-corrected chi connectivity index (χ0v) is 10.8. The zero-order chi connectivity index (χ0) is 14.9. The average Bonchev–Trinajstić information content (AvgIpc) is 2.68. The summed E-state index contributed by atoms with van der Waals surface area (Å²) in [6.07, 6.45) is 0. The normalized spacial score (nSPS) is 10.3. The van der Waals surface area contributed by atoms with Gasteiger partial charge in [-0.2, -0.15) is 5.10 Å². The molecule has 0 saturated carbocycles. The lowest BCUT2D eigenvalue weighted by molar-refractivity contribution is 0.0693. The maximum Gasteiger partial charge on any atom is 0.340 e. The minimum atomic E-state index is -1.44. The highest BCUT2D eigenvalue weighted by molar-refractivity contribution is 6.07. The molecule has 2 rings (SSSR count). The molecule has 6 nitrogen and oxygen atoms in total. The van der Waals surface area contributed by atoms with Crippen LogP contribution < -0.4 is 5.32 Å². The molecule has 2 aromatic rings. The topological polar surface area (TPSA) is 84.2 Å². The van der Waals surface area contributed by atoms with Gasteiger partial charge in [0.2, 0.25) is 0 Å². The third-order valence-electron chi connectivity index (χ3n) is 2.71. The van der Waals surface area contributed by atoms with Gasteiger partial charge < -0.3 is 10.4 Å². The molecule has 1 aromatic heterocycles. The first kappa shape index (κ1) is 13.7. The summed E-state index contributed by atoms with van der Waals surface area (Å²) in [4.78, 5) is 23.1. The third kappa shape index (κ3) is 2.51. The van der Waals surface area contributed by atoms with Crippen LogP contribution in [0.25, 0.3) is 0 Å². The van der Waals surface area contributed by atoms with Gasteiger partial charge in [0.05, 0.1) is 11.4 Å². The van der Waals surface area contributed by atoms with Crippen molar-refractivity contribution < 1.29 is 19.1 Å². The van der Waals surface area contributed by atoms with Gasteiger partial charge in [-0.3, -0.25) is 9.48 Å². The molecule has 0 aliphatic carbocycles. The fourth-order valence-electron chi connectivity index (χ4n) is 1.86. The van der Waals surface area contributed by atoms with E-state index in [0.717, 1.165) is 6.07 Å². The Morgan fingerprint density at radius 2 is 2.10 bits per heavy atom. The quantitative estimate of drug-likeness (QED) is 0.896. The van der Waals surface area contributed by atoms with Gasteiger partial charge in [-0.05, 0) is 25.1 Å². The predicted octanol–water partition coefficient (Wildman–Crippen LogP) is 1.82. The number of hydrogen-bond acceptors (Lipinski definition) is 3. The van der Waals surface area contributed by atoms with E-state index in [1.807, 2.05) is 0 Å². The first-order valence-electron chi connectivity index (χ1n) is 5.74. The molecule has 20 heavy (non-hydrogen) atoms. The van der Waals surface area contributed by atoms with Crippen LogP contribution in [0.2, 0.25) is 0 Å². The number of aryl methyl sites for hydroxylation is 2. The molecule has 2 N–H and O–H groups in total. The maximum absolute atomic E-state index is 13.5. The molecule has 0 saturated heterocycles. The van der Waals surface area contributed by atoms with Crippen LogP contribution in [0.15, 0.2) is 24.3 Å². The van der Waals surface area contributed by atoms with Gasteiger partial charge in [-0.25, -0.2) is 9.18 Å². The van der Waals surface area contributed by atoms with E-state index in [9.17, 15) is 14.0 Å². The predicted molar refractivity (Wildman–Crippen MR) is 69.3 cm³/mol. The second-order valence-electron chi connectivity index (χ2n) is 4.22. The highest BCUT2D eigenvalue weighted by atomic mass is 19.1. The van der Waals surface area contributed by atoms with Crippen molar-refractivity contribution in [3.05, 3.63) is 47.0 Å². The number of amides is 1. The minimum Gasteiger partial charge on any atom is -0.478 e. The van der Waals surface area contributed by atoms with Crippen molar-refractivity contribution in [3.63, 3.8) is 0 Å². The van der Waals surface area contributed by atoms with Crippen molar-refractivity contribution in [2.75, 3.05) is 5.32 Å². The van der Waals surface area contributed by atoms with Crippen molar-refractivity contribution in [1.29, 1.82) is 0 Å². The summed E-state index contributed by atoms with van der Waals surface area (Å²) >= 11 is 0. The van der Waals surface area contributed by atoms with Gasteiger partial charge >= 0.3 is 5.97 Å². The number of rotatable bonds is 3. The number of carboxylic acid groups (broad SMARTS) is 1. The van der Waals surface area contributed by atoms with Crippen molar-refractivity contribution in [2.45, 2.75) is 6.92 Å². The smallest absolute Gasteiger partial charge is 0.340 e. The van der Waals surface area contributed by atoms with E-state index in [1.54, 1.807) is 20.0 Å². The Bertz CT molecular complexity index is 694. The number of carboxylic acids is 1. The highest BCUT2D eigenvalue weighted by Gasteiger charge is 2.19. The molecule has 0 radical (unpaired) electrons. The summed E-state index contributed by atoms with van der Waals surface area (Å²) in [6.45, 7) is 1.72. The maximum atomic E-state index is 13.5. The Kier molecular flexibility index (Phi) is 3.51. The second kappa shape index (κ2) is 5.12. The highest BCUT2D eigenvalue weighted by Crippen LogP contribution is 2.19. The van der Waals surface area contributed by atoms with Gasteiger partial charge in [-0.15, -0.1) is 0 Å². The van der Waals surface area contributed by atoms with E-state index in [1.165, 1.54) is 16.8 Å². The van der Waals surface area contributed by atoms with Gasteiger partial charge in [0.15, 0.2) is 0 Å². The fraction of sp³-hybridized carbons (Fsp3) is 0.154. The van der Waals surface area contributed by atoms with E-state index in [-0.39, 0.29) is 11.4 Å². The Hall–Kier alpha value is -2.70. The summed E-state index contributed by atoms with van der Waals surface area (Å²) < 4.78 is 14.9. The van der Waals surface area contributed by atoms with Crippen LogP contribution in [0.3, 0.4) is 0 Å². The molecule has 0 spiro atoms. The van der Waals surface area contributed by atoms with Crippen molar-refractivity contribution >= 4 is 17.6 Å². The van der Waals surface area contributed by atoms with E-state index >= 15 is 0 Å². The van der Waals surface area contributed by atoms with E-state index in [4.69, 9.17) is 5.11 Å². The van der Waals surface area contributed by atoms with Crippen molar-refractivity contribution in [2.24, 2.45) is 7.05 Å². The number of aromatic nitrogens is 2. The molecule has 1 heterocycles. The molecule has 7 heteroatoms. The van der Waals surface area contributed by atoms with Crippen LogP contribution in [0.4, 0.5) is 10.1 Å². The standard InChI is InChI=1S/C13H12FN3O3/c1-7-6-10(17(2)16-7)12(18)15-9-5-3-4-8(14)11(9)13(19)20/h3-6H,1-2H3,(H,15,18)(H,19,20). The number of hydrogen-bond donors (Lipinski definition) is 2. The molecule has 0 atom stereocenters. The van der Waals surface area contributed by atoms with Crippen LogP contribution >= 0.6 is 0 Å². The first-order valence-corrected chi connectivity index (χ1v) is 5.74. The summed E-state index contributed by atoms with van der Waals surface area (Å²) in [6, 6.07) is 5.22. The monoisotopic (exact) mass is 277 g/mol. The average molecular weight is 277 g/mol. The van der Waals surface area contributed by atoms with Gasteiger partial charge in [0, 0.05) is 7.05 Å². The summed E-state index contributed by atoms with van der Waals surface area (Å²) in [7, 11) is 1.59. The van der Waals surface area contributed by atoms with Gasteiger partial charge in [0.1, 0.15) is 17.1 Å². The molecule has 0 fully saturated rings. The lowest BCUT2D eigenvalue weighted by Gasteiger charge is -2.09. The molecular weight excluding hydrogens is 265 g/mol. The summed E-state index contributed by atoms with van der Waals surface area (Å²) in [5.74, 6) is -2.91. The molecule has 0 aliphatic rings. The third-order valence-corrected chi connectivity index (χ3v) is 2.71. The number of benzene rings is 1. The number of halogens is 1. The lowest BCUT2D eigenvalue weighted by Crippen LogP contribution is -2.18. The van der Waals surface area contributed by atoms with E-state index < -0.39 is 23.3 Å². The Morgan fingerprint density at radius 3 is 2.65 bits per heavy atom. The Labute approximate surface area is 113 Å². The molecule has 0 unspecified atom stereocenters. The molecule has 104 valence electrons. The van der Waals surface area contributed by atoms with Crippen LogP contribution in [0.1, 0.15) is 26.5 Å². The summed E-state index contributed by atoms with van der Waals surface area (Å²) in [5.41, 5.74) is 0.236. The molecule has 0 bridgehead atoms. The van der Waals surface area contributed by atoms with Crippen LogP contribution in [-0.2, 0) is 7.05 Å². The van der Waals surface area contributed by atoms with Crippen LogP contribution in [-0.4, -0.2) is 26.8 Å². The van der Waals surface area contributed by atoms with Gasteiger partial charge in [-0.1, -0.05) is 6.07 Å². The summed E-state index contributed by atoms with van der Waals surface area (Å²) in [5, 5.41) is 15.4. The Morgan fingerprint density at radius 1 is 1.40 bits per heavy atom. The number of aromatic carboxylic acids is 1. The van der Waals surface area contributed by atoms with Crippen LogP contribution in [0.5, 0.6) is 0 Å². The van der Waals surface area contributed by atoms with Gasteiger partial charge in [0.25, 0.3) is 5.91 Å². The minimum absolute atomic E-state index is 0.0960. The first-order chi connectivity index (χ1) is 9.40.